The van der Waals surface area contributed by atoms with E-state index in [1.807, 2.05) is 6.07 Å². The molecule has 1 N–H and O–H groups in total. The van der Waals surface area contributed by atoms with Gasteiger partial charge in [-0.15, -0.1) is 36.2 Å². The smallest absolute Gasteiger partial charge is 0.222 e. The Morgan fingerprint density at radius 1 is 1.11 bits per heavy atom. The second kappa shape index (κ2) is 9.11. The number of hydrogen-bond acceptors (Lipinski definition) is 6. The summed E-state index contributed by atoms with van der Waals surface area (Å²) >= 11 is 1.69. The second-order valence-electron chi connectivity index (χ2n) is 7.88. The molecule has 154 valence electrons. The molecule has 0 aliphatic carbocycles. The molecule has 5 rings (SSSR count). The van der Waals surface area contributed by atoms with Gasteiger partial charge in [-0.25, -0.2) is 9.97 Å². The molecular formula is C19H27Cl2N5OS. The predicted molar refractivity (Wildman–Crippen MR) is 118 cm³/mol. The summed E-state index contributed by atoms with van der Waals surface area (Å²) in [5, 5.41) is 5.73. The molecule has 9 heteroatoms. The first-order valence-corrected chi connectivity index (χ1v) is 10.6. The monoisotopic (exact) mass is 443 g/mol. The quantitative estimate of drug-likeness (QED) is 0.789. The van der Waals surface area contributed by atoms with Crippen molar-refractivity contribution in [3.63, 3.8) is 0 Å². The van der Waals surface area contributed by atoms with Crippen LogP contribution in [0, 0.1) is 5.92 Å². The molecule has 6 nitrogen and oxygen atoms in total. The van der Waals surface area contributed by atoms with Gasteiger partial charge in [0, 0.05) is 44.7 Å². The molecule has 3 aliphatic heterocycles. The average Bonchev–Trinajstić information content (AvgIpc) is 3.27. The molecule has 2 unspecified atom stereocenters. The van der Waals surface area contributed by atoms with E-state index in [1.165, 1.54) is 25.7 Å². The van der Waals surface area contributed by atoms with Crippen LogP contribution >= 0.6 is 36.2 Å². The lowest BCUT2D eigenvalue weighted by Crippen LogP contribution is -2.50. The number of piperazine rings is 1. The van der Waals surface area contributed by atoms with Gasteiger partial charge < -0.3 is 15.1 Å². The summed E-state index contributed by atoms with van der Waals surface area (Å²) in [5.41, 5.74) is 1.01. The highest BCUT2D eigenvalue weighted by Crippen LogP contribution is 2.33. The average molecular weight is 444 g/mol. The zero-order valence-electron chi connectivity index (χ0n) is 15.7. The molecule has 0 spiro atoms. The van der Waals surface area contributed by atoms with Crippen molar-refractivity contribution in [2.75, 3.05) is 31.1 Å². The first-order valence-electron chi connectivity index (χ1n) is 9.73. The fourth-order valence-electron chi connectivity index (χ4n) is 4.89. The molecule has 0 saturated carbocycles. The number of aromatic nitrogens is 2. The van der Waals surface area contributed by atoms with Crippen LogP contribution in [0.4, 0.5) is 5.82 Å². The number of rotatable bonds is 3. The van der Waals surface area contributed by atoms with Gasteiger partial charge in [0.2, 0.25) is 5.91 Å². The number of piperidine rings is 1. The number of halogens is 2. The van der Waals surface area contributed by atoms with E-state index in [4.69, 9.17) is 0 Å². The third-order valence-electron chi connectivity index (χ3n) is 6.19. The van der Waals surface area contributed by atoms with Gasteiger partial charge in [0.05, 0.1) is 10.2 Å². The van der Waals surface area contributed by atoms with Gasteiger partial charge in [0.1, 0.15) is 12.1 Å². The predicted octanol–water partition coefficient (Wildman–Crippen LogP) is 3.10. The Bertz CT molecular complexity index is 798. The Morgan fingerprint density at radius 2 is 1.82 bits per heavy atom. The van der Waals surface area contributed by atoms with Crippen LogP contribution in [0.15, 0.2) is 17.8 Å². The Kier molecular flexibility index (Phi) is 7.02. The summed E-state index contributed by atoms with van der Waals surface area (Å²) in [4.78, 5) is 26.0. The van der Waals surface area contributed by atoms with E-state index in [-0.39, 0.29) is 24.8 Å². The van der Waals surface area contributed by atoms with Crippen LogP contribution < -0.4 is 10.2 Å². The number of carbonyl (C=O) groups excluding carboxylic acids is 1. The van der Waals surface area contributed by atoms with Crippen molar-refractivity contribution in [2.24, 2.45) is 5.92 Å². The highest BCUT2D eigenvalue weighted by Gasteiger charge is 2.35. The third-order valence-corrected chi connectivity index (χ3v) is 7.09. The maximum atomic E-state index is 12.8. The standard InChI is InChI=1S/C19H25N5OS.2ClH/c25-17(11-13-9-14-1-2-15(10-13)22-14)23-4-6-24(7-5-23)19-18-16(3-8-26-18)20-12-21-19;;/h3,8,12-15,22H,1-2,4-7,9-11H2;2*1H. The van der Waals surface area contributed by atoms with Crippen LogP contribution in [0.3, 0.4) is 0 Å². The van der Waals surface area contributed by atoms with Gasteiger partial charge in [-0.2, -0.15) is 0 Å². The van der Waals surface area contributed by atoms with Crippen LogP contribution in [-0.2, 0) is 4.79 Å². The van der Waals surface area contributed by atoms with Gasteiger partial charge in [-0.1, -0.05) is 0 Å². The molecular weight excluding hydrogens is 417 g/mol. The SMILES string of the molecule is Cl.Cl.O=C(CC1CC2CCC(C1)N2)N1CCN(c2ncnc3ccsc23)CC1. The third kappa shape index (κ3) is 4.22. The molecule has 3 aliphatic rings. The molecule has 0 aromatic carbocycles. The summed E-state index contributed by atoms with van der Waals surface area (Å²) in [6, 6.07) is 3.36. The Hall–Kier alpha value is -1.15. The van der Waals surface area contributed by atoms with Gasteiger partial charge in [-0.05, 0) is 43.0 Å². The first-order chi connectivity index (χ1) is 12.8. The number of carbonyl (C=O) groups is 1. The lowest BCUT2D eigenvalue weighted by molar-refractivity contribution is -0.132. The topological polar surface area (TPSA) is 61.4 Å². The Balaban J connectivity index is 0.00000112. The zero-order valence-corrected chi connectivity index (χ0v) is 18.2. The minimum atomic E-state index is 0. The highest BCUT2D eigenvalue weighted by molar-refractivity contribution is 7.17. The van der Waals surface area contributed by atoms with Crippen LogP contribution in [0.25, 0.3) is 10.2 Å². The molecule has 2 bridgehead atoms. The number of nitrogens with one attached hydrogen (secondary N) is 1. The minimum absolute atomic E-state index is 0. The molecule has 2 aromatic rings. The zero-order chi connectivity index (χ0) is 17.5. The number of nitrogens with zero attached hydrogens (tertiary/aromatic N) is 4. The molecule has 0 radical (unpaired) electrons. The summed E-state index contributed by atoms with van der Waals surface area (Å²) in [6.45, 7) is 3.31. The van der Waals surface area contributed by atoms with E-state index in [9.17, 15) is 4.79 Å². The molecule has 3 fully saturated rings. The van der Waals surface area contributed by atoms with Gasteiger partial charge >= 0.3 is 0 Å². The first kappa shape index (κ1) is 21.6. The number of anilines is 1. The van der Waals surface area contributed by atoms with E-state index in [0.717, 1.165) is 48.6 Å². The lowest BCUT2D eigenvalue weighted by atomic mass is 9.89. The largest absolute Gasteiger partial charge is 0.352 e. The summed E-state index contributed by atoms with van der Waals surface area (Å²) in [6.07, 6.45) is 7.33. The van der Waals surface area contributed by atoms with Crippen LogP contribution in [-0.4, -0.2) is 59.0 Å². The Morgan fingerprint density at radius 3 is 2.54 bits per heavy atom. The number of amides is 1. The fourth-order valence-corrected chi connectivity index (χ4v) is 5.75. The van der Waals surface area contributed by atoms with Crippen LogP contribution in [0.2, 0.25) is 0 Å². The molecule has 1 amide bonds. The van der Waals surface area contributed by atoms with E-state index in [2.05, 4.69) is 30.5 Å². The normalized spacial score (nSPS) is 26.6. The molecule has 3 saturated heterocycles. The molecule has 2 atom stereocenters. The molecule has 28 heavy (non-hydrogen) atoms. The van der Waals surface area contributed by atoms with E-state index in [0.29, 0.717) is 23.9 Å². The van der Waals surface area contributed by atoms with Crippen LogP contribution in [0.1, 0.15) is 32.1 Å². The second-order valence-corrected chi connectivity index (χ2v) is 8.80. The summed E-state index contributed by atoms with van der Waals surface area (Å²) in [5.74, 6) is 1.94. The van der Waals surface area contributed by atoms with Crippen molar-refractivity contribution in [2.45, 2.75) is 44.2 Å². The molecule has 2 aromatic heterocycles. The minimum Gasteiger partial charge on any atom is -0.352 e. The van der Waals surface area contributed by atoms with Crippen molar-refractivity contribution in [1.82, 2.24) is 20.2 Å². The fraction of sp³-hybridized carbons (Fsp3) is 0.632. The number of fused-ring (bicyclic) bond motifs is 3. The van der Waals surface area contributed by atoms with Crippen molar-refractivity contribution in [3.05, 3.63) is 17.8 Å². The summed E-state index contributed by atoms with van der Waals surface area (Å²) in [7, 11) is 0. The molecule has 5 heterocycles. The van der Waals surface area contributed by atoms with Crippen molar-refractivity contribution >= 4 is 58.1 Å². The highest BCUT2D eigenvalue weighted by atomic mass is 35.5. The number of thiophene rings is 1. The summed E-state index contributed by atoms with van der Waals surface area (Å²) < 4.78 is 1.15. The van der Waals surface area contributed by atoms with Crippen molar-refractivity contribution < 1.29 is 4.79 Å². The maximum absolute atomic E-state index is 12.8. The number of hydrogen-bond donors (Lipinski definition) is 1. The van der Waals surface area contributed by atoms with Gasteiger partial charge in [-0.3, -0.25) is 4.79 Å². The van der Waals surface area contributed by atoms with Gasteiger partial charge in [0.25, 0.3) is 0 Å². The van der Waals surface area contributed by atoms with E-state index in [1.54, 1.807) is 17.7 Å². The van der Waals surface area contributed by atoms with Crippen LogP contribution in [0.5, 0.6) is 0 Å². The Labute approximate surface area is 181 Å². The van der Waals surface area contributed by atoms with E-state index >= 15 is 0 Å². The van der Waals surface area contributed by atoms with Crippen molar-refractivity contribution in [1.29, 1.82) is 0 Å². The van der Waals surface area contributed by atoms with Gasteiger partial charge in [0.15, 0.2) is 0 Å². The lowest BCUT2D eigenvalue weighted by Gasteiger charge is -2.37. The van der Waals surface area contributed by atoms with E-state index < -0.39 is 0 Å². The van der Waals surface area contributed by atoms with Crippen molar-refractivity contribution in [3.8, 4) is 0 Å². The maximum Gasteiger partial charge on any atom is 0.222 e.